The molecule has 222 valence electrons. The second-order valence-corrected chi connectivity index (χ2v) is 12.2. The standard InChI is InChI=1S/C32H27Cl2N7O3/c1-19(27(42)39-32(10-11-32)26-5-3-4-12-36-26)38-28(43)25-18-37-30-40(24-14-22(33)13-23(34)15-24)29(44)31(2,41(25)30)16-20-6-8-21(17-35)9-7-20/h3-9,12-15,18-19H,10-11,16H2,1-2H3,(H,38,43)(H,39,42)/t19-,31-/m1/s1. The van der Waals surface area contributed by atoms with Crippen LogP contribution in [0.2, 0.25) is 10.0 Å². The minimum absolute atomic E-state index is 0.102. The lowest BCUT2D eigenvalue weighted by molar-refractivity contribution is -0.124. The number of halogens is 2. The summed E-state index contributed by atoms with van der Waals surface area (Å²) < 4.78 is 1.58. The van der Waals surface area contributed by atoms with E-state index in [0.29, 0.717) is 21.3 Å². The van der Waals surface area contributed by atoms with E-state index in [9.17, 15) is 19.6 Å². The van der Waals surface area contributed by atoms with Gasteiger partial charge in [-0.3, -0.25) is 23.9 Å². The molecule has 2 aromatic carbocycles. The Kier molecular flexibility index (Phi) is 7.40. The lowest BCUT2D eigenvalue weighted by Crippen LogP contribution is -2.49. The third-order valence-corrected chi connectivity index (χ3v) is 8.52. The molecule has 0 spiro atoms. The van der Waals surface area contributed by atoms with Gasteiger partial charge in [0.25, 0.3) is 11.8 Å². The van der Waals surface area contributed by atoms with E-state index in [1.165, 1.54) is 11.1 Å². The molecule has 4 aromatic rings. The first-order valence-electron chi connectivity index (χ1n) is 14.0. The number of anilines is 2. The van der Waals surface area contributed by atoms with Gasteiger partial charge in [-0.15, -0.1) is 0 Å². The molecule has 0 bridgehead atoms. The van der Waals surface area contributed by atoms with E-state index in [-0.39, 0.29) is 29.9 Å². The lowest BCUT2D eigenvalue weighted by atomic mass is 9.91. The number of amides is 3. The Balaban J connectivity index is 1.32. The summed E-state index contributed by atoms with van der Waals surface area (Å²) in [5.74, 6) is -1.07. The quantitative estimate of drug-likeness (QED) is 0.282. The van der Waals surface area contributed by atoms with Crippen molar-refractivity contribution in [1.82, 2.24) is 25.2 Å². The van der Waals surface area contributed by atoms with E-state index in [0.717, 1.165) is 24.1 Å². The second kappa shape index (κ2) is 11.1. The van der Waals surface area contributed by atoms with Crippen molar-refractivity contribution < 1.29 is 14.4 Å². The predicted octanol–water partition coefficient (Wildman–Crippen LogP) is 5.02. The monoisotopic (exact) mass is 627 g/mol. The van der Waals surface area contributed by atoms with E-state index < -0.39 is 23.0 Å². The number of hydrogen-bond acceptors (Lipinski definition) is 6. The molecule has 6 rings (SSSR count). The number of nitrogens with one attached hydrogen (secondary N) is 2. The number of hydrogen-bond donors (Lipinski definition) is 2. The van der Waals surface area contributed by atoms with Crippen molar-refractivity contribution in [3.05, 3.63) is 106 Å². The Labute approximate surface area is 263 Å². The fourth-order valence-electron chi connectivity index (χ4n) is 5.62. The fraction of sp³-hybridized carbons (Fsp3) is 0.250. The number of fused-ring (bicyclic) bond motifs is 1. The van der Waals surface area contributed by atoms with Gasteiger partial charge in [-0.25, -0.2) is 9.88 Å². The van der Waals surface area contributed by atoms with Crippen molar-refractivity contribution in [1.29, 1.82) is 5.26 Å². The Hall–Kier alpha value is -4.72. The maximum absolute atomic E-state index is 14.2. The van der Waals surface area contributed by atoms with Gasteiger partial charge in [0, 0.05) is 22.7 Å². The number of carbonyl (C=O) groups excluding carboxylic acids is 3. The van der Waals surface area contributed by atoms with Crippen molar-refractivity contribution in [2.75, 3.05) is 4.90 Å². The average molecular weight is 629 g/mol. The van der Waals surface area contributed by atoms with Crippen LogP contribution in [-0.2, 0) is 27.1 Å². The van der Waals surface area contributed by atoms with Crippen molar-refractivity contribution in [2.45, 2.75) is 50.2 Å². The number of rotatable bonds is 8. The van der Waals surface area contributed by atoms with Crippen LogP contribution in [0, 0.1) is 11.3 Å². The number of nitrogens with zero attached hydrogens (tertiary/aromatic N) is 5. The number of benzene rings is 2. The van der Waals surface area contributed by atoms with Crippen LogP contribution in [0.5, 0.6) is 0 Å². The van der Waals surface area contributed by atoms with Crippen LogP contribution in [-0.4, -0.2) is 38.3 Å². The first kappa shape index (κ1) is 29.4. The third kappa shape index (κ3) is 5.19. The normalized spacial score (nSPS) is 18.7. The highest BCUT2D eigenvalue weighted by Crippen LogP contribution is 2.45. The Morgan fingerprint density at radius 1 is 1.07 bits per heavy atom. The molecule has 1 aliphatic carbocycles. The van der Waals surface area contributed by atoms with Gasteiger partial charge in [0.2, 0.25) is 11.9 Å². The molecule has 0 radical (unpaired) electrons. The van der Waals surface area contributed by atoms with Gasteiger partial charge in [-0.1, -0.05) is 41.4 Å². The molecule has 0 unspecified atom stereocenters. The SMILES string of the molecule is C[C@@H](NC(=O)c1cnc2n1[C@](C)(Cc1ccc(C#N)cc1)C(=O)N2c1cc(Cl)cc(Cl)c1)C(=O)NC1(c2ccccn2)CC1. The van der Waals surface area contributed by atoms with Crippen LogP contribution >= 0.6 is 23.2 Å². The smallest absolute Gasteiger partial charge is 0.270 e. The number of carbonyl (C=O) groups is 3. The minimum atomic E-state index is -1.30. The van der Waals surface area contributed by atoms with Gasteiger partial charge >= 0.3 is 0 Å². The Morgan fingerprint density at radius 2 is 1.77 bits per heavy atom. The zero-order valence-corrected chi connectivity index (χ0v) is 25.4. The summed E-state index contributed by atoms with van der Waals surface area (Å²) in [4.78, 5) is 51.4. The van der Waals surface area contributed by atoms with E-state index in [1.54, 1.807) is 67.1 Å². The molecule has 0 saturated heterocycles. The molecule has 2 N–H and O–H groups in total. The molecule has 3 heterocycles. The first-order chi connectivity index (χ1) is 21.0. The van der Waals surface area contributed by atoms with Gasteiger partial charge in [0.15, 0.2) is 0 Å². The van der Waals surface area contributed by atoms with Gasteiger partial charge in [-0.05, 0) is 74.7 Å². The maximum atomic E-state index is 14.2. The van der Waals surface area contributed by atoms with Gasteiger partial charge < -0.3 is 10.6 Å². The highest BCUT2D eigenvalue weighted by molar-refractivity contribution is 6.35. The molecule has 2 atom stereocenters. The topological polar surface area (TPSA) is 133 Å². The number of imidazole rings is 1. The van der Waals surface area contributed by atoms with Crippen LogP contribution in [0.3, 0.4) is 0 Å². The highest BCUT2D eigenvalue weighted by Gasteiger charge is 2.51. The maximum Gasteiger partial charge on any atom is 0.270 e. The van der Waals surface area contributed by atoms with Gasteiger partial charge in [-0.2, -0.15) is 5.26 Å². The molecule has 12 heteroatoms. The Bertz CT molecular complexity index is 1810. The summed E-state index contributed by atoms with van der Waals surface area (Å²) in [5.41, 5.74) is 0.688. The van der Waals surface area contributed by atoms with Crippen LogP contribution < -0.4 is 15.5 Å². The van der Waals surface area contributed by atoms with Crippen molar-refractivity contribution in [2.24, 2.45) is 0 Å². The largest absolute Gasteiger partial charge is 0.343 e. The summed E-state index contributed by atoms with van der Waals surface area (Å²) in [6.07, 6.45) is 4.77. The van der Waals surface area contributed by atoms with Crippen LogP contribution in [0.4, 0.5) is 11.6 Å². The molecular formula is C32H27Cl2N7O3. The second-order valence-electron chi connectivity index (χ2n) is 11.3. The molecule has 44 heavy (non-hydrogen) atoms. The molecule has 10 nitrogen and oxygen atoms in total. The number of nitriles is 1. The summed E-state index contributed by atoms with van der Waals surface area (Å²) in [5, 5.41) is 15.7. The summed E-state index contributed by atoms with van der Waals surface area (Å²) in [6, 6.07) is 18.4. The van der Waals surface area contributed by atoms with Crippen molar-refractivity contribution in [3.8, 4) is 6.07 Å². The molecule has 2 aromatic heterocycles. The average Bonchev–Trinajstić information content (AvgIpc) is 3.59. The molecular weight excluding hydrogens is 601 g/mol. The summed E-state index contributed by atoms with van der Waals surface area (Å²) in [6.45, 7) is 3.33. The number of pyridine rings is 1. The third-order valence-electron chi connectivity index (χ3n) is 8.08. The Morgan fingerprint density at radius 3 is 2.39 bits per heavy atom. The van der Waals surface area contributed by atoms with E-state index in [1.807, 2.05) is 18.2 Å². The van der Waals surface area contributed by atoms with Crippen LogP contribution in [0.15, 0.2) is 73.1 Å². The lowest BCUT2D eigenvalue weighted by Gasteiger charge is -2.27. The molecule has 2 aliphatic rings. The van der Waals surface area contributed by atoms with Crippen LogP contribution in [0.25, 0.3) is 0 Å². The van der Waals surface area contributed by atoms with E-state index >= 15 is 0 Å². The number of aromatic nitrogens is 3. The van der Waals surface area contributed by atoms with Gasteiger partial charge in [0.1, 0.15) is 17.3 Å². The minimum Gasteiger partial charge on any atom is -0.343 e. The zero-order chi connectivity index (χ0) is 31.2. The van der Waals surface area contributed by atoms with Crippen LogP contribution in [0.1, 0.15) is 54.0 Å². The molecule has 1 fully saturated rings. The van der Waals surface area contributed by atoms with E-state index in [4.69, 9.17) is 23.2 Å². The van der Waals surface area contributed by atoms with Crippen molar-refractivity contribution in [3.63, 3.8) is 0 Å². The summed E-state index contributed by atoms with van der Waals surface area (Å²) >= 11 is 12.6. The summed E-state index contributed by atoms with van der Waals surface area (Å²) in [7, 11) is 0. The van der Waals surface area contributed by atoms with E-state index in [2.05, 4.69) is 26.7 Å². The van der Waals surface area contributed by atoms with Crippen molar-refractivity contribution >= 4 is 52.6 Å². The highest BCUT2D eigenvalue weighted by atomic mass is 35.5. The molecule has 1 aliphatic heterocycles. The predicted molar refractivity (Wildman–Crippen MR) is 165 cm³/mol. The first-order valence-corrected chi connectivity index (χ1v) is 14.7. The van der Waals surface area contributed by atoms with Gasteiger partial charge in [0.05, 0.1) is 34.7 Å². The molecule has 3 amide bonds. The molecule has 1 saturated carbocycles. The zero-order valence-electron chi connectivity index (χ0n) is 23.8. The fourth-order valence-corrected chi connectivity index (χ4v) is 6.14.